The fourth-order valence-electron chi connectivity index (χ4n) is 3.17. The highest BCUT2D eigenvalue weighted by atomic mass is 32.2. The molecule has 1 saturated heterocycles. The van der Waals surface area contributed by atoms with Crippen molar-refractivity contribution in [1.82, 2.24) is 0 Å². The van der Waals surface area contributed by atoms with Gasteiger partial charge in [-0.2, -0.15) is 13.2 Å². The fourth-order valence-corrected chi connectivity index (χ4v) is 5.42. The quantitative estimate of drug-likeness (QED) is 0.789. The van der Waals surface area contributed by atoms with Crippen LogP contribution < -0.4 is 0 Å². The minimum atomic E-state index is -4.38. The van der Waals surface area contributed by atoms with Crippen LogP contribution in [0.5, 0.6) is 0 Å². The summed E-state index contributed by atoms with van der Waals surface area (Å²) < 4.78 is 62.7. The molecule has 0 aliphatic carbocycles. The Morgan fingerprint density at radius 2 is 1.90 bits per heavy atom. The van der Waals surface area contributed by atoms with E-state index in [-0.39, 0.29) is 0 Å². The molecule has 1 aromatic carbocycles. The molecule has 2 unspecified atom stereocenters. The molecule has 0 saturated carbocycles. The summed E-state index contributed by atoms with van der Waals surface area (Å²) in [6.45, 7) is 0. The van der Waals surface area contributed by atoms with Crippen LogP contribution in [0.2, 0.25) is 0 Å². The average Bonchev–Trinajstić information content (AvgIpc) is 2.36. The van der Waals surface area contributed by atoms with Gasteiger partial charge in [0, 0.05) is 0 Å². The maximum Gasteiger partial charge on any atom is 0.416 e. The molecule has 0 N–H and O–H groups in total. The standard InChI is InChI=1S/C15H15F3O2S/c16-15(17,18)12-4-1-3-10(7-12)11-8-13-5-2-6-14(9-11)21(13,19)20/h1,3-4,7-8,13-14H,2,5-6,9H2. The van der Waals surface area contributed by atoms with Crippen LogP contribution in [0.3, 0.4) is 0 Å². The van der Waals surface area contributed by atoms with Gasteiger partial charge >= 0.3 is 6.18 Å². The Labute approximate surface area is 121 Å². The lowest BCUT2D eigenvalue weighted by Gasteiger charge is -2.33. The van der Waals surface area contributed by atoms with E-state index in [0.29, 0.717) is 24.8 Å². The smallest absolute Gasteiger partial charge is 0.228 e. The van der Waals surface area contributed by atoms with Crippen LogP contribution in [-0.4, -0.2) is 18.9 Å². The van der Waals surface area contributed by atoms with E-state index in [1.54, 1.807) is 12.1 Å². The third kappa shape index (κ3) is 2.61. The molecular weight excluding hydrogens is 301 g/mol. The molecule has 0 radical (unpaired) electrons. The lowest BCUT2D eigenvalue weighted by atomic mass is 9.92. The molecule has 2 aliphatic heterocycles. The van der Waals surface area contributed by atoms with E-state index in [2.05, 4.69) is 0 Å². The zero-order valence-electron chi connectivity index (χ0n) is 11.2. The van der Waals surface area contributed by atoms with Crippen LogP contribution in [0.15, 0.2) is 30.3 Å². The van der Waals surface area contributed by atoms with Gasteiger partial charge in [0.2, 0.25) is 0 Å². The van der Waals surface area contributed by atoms with E-state index in [0.717, 1.165) is 24.1 Å². The number of sulfone groups is 1. The predicted octanol–water partition coefficient (Wildman–Crippen LogP) is 3.83. The molecule has 2 bridgehead atoms. The summed E-state index contributed by atoms with van der Waals surface area (Å²) in [7, 11) is -3.14. The van der Waals surface area contributed by atoms with Gasteiger partial charge < -0.3 is 0 Å². The molecular formula is C15H15F3O2S. The van der Waals surface area contributed by atoms with Crippen LogP contribution in [0.4, 0.5) is 13.2 Å². The van der Waals surface area contributed by atoms with E-state index in [1.807, 2.05) is 0 Å². The first-order valence-electron chi connectivity index (χ1n) is 6.89. The van der Waals surface area contributed by atoms with Gasteiger partial charge in [-0.1, -0.05) is 24.6 Å². The highest BCUT2D eigenvalue weighted by Gasteiger charge is 2.40. The van der Waals surface area contributed by atoms with Crippen molar-refractivity contribution in [2.75, 3.05) is 0 Å². The van der Waals surface area contributed by atoms with Crippen molar-refractivity contribution >= 4 is 15.4 Å². The Balaban J connectivity index is 2.01. The maximum absolute atomic E-state index is 12.8. The Bertz CT molecular complexity index is 689. The van der Waals surface area contributed by atoms with Gasteiger partial charge in [-0.15, -0.1) is 0 Å². The number of allylic oxidation sites excluding steroid dienone is 1. The third-order valence-electron chi connectivity index (χ3n) is 4.30. The van der Waals surface area contributed by atoms with Crippen LogP contribution in [-0.2, 0) is 16.0 Å². The van der Waals surface area contributed by atoms with Gasteiger partial charge in [-0.05, 0) is 42.5 Å². The monoisotopic (exact) mass is 316 g/mol. The summed E-state index contributed by atoms with van der Waals surface area (Å²) in [5, 5.41) is -0.972. The number of hydrogen-bond acceptors (Lipinski definition) is 2. The van der Waals surface area contributed by atoms with Gasteiger partial charge in [0.15, 0.2) is 9.84 Å². The second-order valence-electron chi connectivity index (χ2n) is 5.65. The van der Waals surface area contributed by atoms with E-state index < -0.39 is 32.1 Å². The lowest BCUT2D eigenvalue weighted by molar-refractivity contribution is -0.137. The lowest BCUT2D eigenvalue weighted by Crippen LogP contribution is -2.38. The number of hydrogen-bond donors (Lipinski definition) is 0. The van der Waals surface area contributed by atoms with Crippen molar-refractivity contribution in [2.24, 2.45) is 0 Å². The summed E-state index contributed by atoms with van der Waals surface area (Å²) in [6.07, 6.45) is -0.370. The zero-order valence-corrected chi connectivity index (χ0v) is 12.0. The first kappa shape index (κ1) is 14.6. The van der Waals surface area contributed by atoms with Crippen molar-refractivity contribution in [1.29, 1.82) is 0 Å². The predicted molar refractivity (Wildman–Crippen MR) is 74.4 cm³/mol. The average molecular weight is 316 g/mol. The number of halogens is 3. The van der Waals surface area contributed by atoms with Gasteiger partial charge in [0.25, 0.3) is 0 Å². The van der Waals surface area contributed by atoms with Crippen molar-refractivity contribution in [3.05, 3.63) is 41.5 Å². The number of alkyl halides is 3. The second kappa shape index (κ2) is 4.87. The molecule has 2 aliphatic rings. The molecule has 0 amide bonds. The fraction of sp³-hybridized carbons (Fsp3) is 0.467. The van der Waals surface area contributed by atoms with Crippen LogP contribution in [0.1, 0.15) is 36.8 Å². The molecule has 0 aromatic heterocycles. The Hall–Kier alpha value is -1.30. The number of rotatable bonds is 1. The van der Waals surface area contributed by atoms with Gasteiger partial charge in [-0.3, -0.25) is 0 Å². The summed E-state index contributed by atoms with van der Waals surface area (Å²) in [4.78, 5) is 0. The highest BCUT2D eigenvalue weighted by Crippen LogP contribution is 2.40. The van der Waals surface area contributed by atoms with Crippen LogP contribution in [0.25, 0.3) is 5.57 Å². The van der Waals surface area contributed by atoms with E-state index >= 15 is 0 Å². The van der Waals surface area contributed by atoms with Crippen LogP contribution >= 0.6 is 0 Å². The summed E-state index contributed by atoms with van der Waals surface area (Å²) in [6, 6.07) is 5.14. The van der Waals surface area contributed by atoms with Crippen molar-refractivity contribution in [2.45, 2.75) is 42.4 Å². The van der Waals surface area contributed by atoms with Crippen molar-refractivity contribution < 1.29 is 21.6 Å². The summed E-state index contributed by atoms with van der Waals surface area (Å²) in [5.74, 6) is 0. The minimum absolute atomic E-state index is 0.320. The molecule has 21 heavy (non-hydrogen) atoms. The largest absolute Gasteiger partial charge is 0.416 e. The molecule has 2 nitrogen and oxygen atoms in total. The highest BCUT2D eigenvalue weighted by molar-refractivity contribution is 7.93. The first-order valence-corrected chi connectivity index (χ1v) is 8.50. The normalized spacial score (nSPS) is 28.0. The molecule has 3 rings (SSSR count). The van der Waals surface area contributed by atoms with Gasteiger partial charge in [-0.25, -0.2) is 8.42 Å². The molecule has 1 aromatic rings. The number of benzene rings is 1. The first-order chi connectivity index (χ1) is 9.78. The van der Waals surface area contributed by atoms with Gasteiger partial charge in [0.05, 0.1) is 16.1 Å². The molecule has 1 fully saturated rings. The maximum atomic E-state index is 12.8. The van der Waals surface area contributed by atoms with Gasteiger partial charge in [0.1, 0.15) is 0 Å². The molecule has 0 spiro atoms. The Morgan fingerprint density at radius 1 is 1.14 bits per heavy atom. The number of fused-ring (bicyclic) bond motifs is 2. The van der Waals surface area contributed by atoms with E-state index in [4.69, 9.17) is 0 Å². The summed E-state index contributed by atoms with van der Waals surface area (Å²) in [5.41, 5.74) is 0.516. The topological polar surface area (TPSA) is 34.1 Å². The van der Waals surface area contributed by atoms with E-state index in [1.165, 1.54) is 6.07 Å². The SMILES string of the molecule is O=S1(=O)C2C=C(c3cccc(C(F)(F)F)c3)CC1CCC2. The van der Waals surface area contributed by atoms with Crippen LogP contribution in [0, 0.1) is 0 Å². The van der Waals surface area contributed by atoms with Crippen molar-refractivity contribution in [3.63, 3.8) is 0 Å². The molecule has 114 valence electrons. The van der Waals surface area contributed by atoms with E-state index in [9.17, 15) is 21.6 Å². The third-order valence-corrected chi connectivity index (χ3v) is 6.84. The molecule has 2 heterocycles. The molecule has 2 atom stereocenters. The Kier molecular flexibility index (Phi) is 3.39. The Morgan fingerprint density at radius 3 is 2.57 bits per heavy atom. The second-order valence-corrected chi connectivity index (χ2v) is 8.11. The zero-order chi connectivity index (χ0) is 15.3. The summed E-state index contributed by atoms with van der Waals surface area (Å²) >= 11 is 0. The molecule has 6 heteroatoms. The van der Waals surface area contributed by atoms with Crippen molar-refractivity contribution in [3.8, 4) is 0 Å². The minimum Gasteiger partial charge on any atom is -0.228 e.